The molecule has 0 saturated carbocycles. The standard InChI is InChI=1S/C22H27N3O2/c1-2-18-11-6-7-13-20(18)24-21(26)19-12-8-14-25(16-19)22(27)23-15-17-9-4-3-5-10-17/h3-7,9-11,13,19H,2,8,12,14-16H2,1H3,(H,23,27)(H,24,26)/t19-/m1/s1. The molecule has 5 heteroatoms. The fourth-order valence-corrected chi connectivity index (χ4v) is 3.45. The fraction of sp³-hybridized carbons (Fsp3) is 0.364. The van der Waals surface area contributed by atoms with Crippen LogP contribution in [0.4, 0.5) is 10.5 Å². The first-order valence-electron chi connectivity index (χ1n) is 9.63. The SMILES string of the molecule is CCc1ccccc1NC(=O)[C@@H]1CCCN(C(=O)NCc2ccccc2)C1. The van der Waals surface area contributed by atoms with Crippen LogP contribution in [0, 0.1) is 5.92 Å². The number of rotatable bonds is 5. The van der Waals surface area contributed by atoms with E-state index in [1.165, 1.54) is 0 Å². The first kappa shape index (κ1) is 19.0. The fourth-order valence-electron chi connectivity index (χ4n) is 3.45. The van der Waals surface area contributed by atoms with Gasteiger partial charge in [-0.05, 0) is 36.5 Å². The van der Waals surface area contributed by atoms with E-state index in [2.05, 4.69) is 17.6 Å². The number of piperidine rings is 1. The van der Waals surface area contributed by atoms with E-state index < -0.39 is 0 Å². The van der Waals surface area contributed by atoms with Gasteiger partial charge in [-0.3, -0.25) is 4.79 Å². The number of aryl methyl sites for hydroxylation is 1. The van der Waals surface area contributed by atoms with Crippen LogP contribution in [-0.2, 0) is 17.8 Å². The second-order valence-corrected chi connectivity index (χ2v) is 6.93. The molecule has 142 valence electrons. The second-order valence-electron chi connectivity index (χ2n) is 6.93. The van der Waals surface area contributed by atoms with Crippen LogP contribution in [0.25, 0.3) is 0 Å². The van der Waals surface area contributed by atoms with E-state index in [4.69, 9.17) is 0 Å². The summed E-state index contributed by atoms with van der Waals surface area (Å²) in [5.41, 5.74) is 3.06. The first-order chi connectivity index (χ1) is 13.2. The molecule has 1 heterocycles. The lowest BCUT2D eigenvalue weighted by Gasteiger charge is -2.32. The number of hydrogen-bond donors (Lipinski definition) is 2. The van der Waals surface area contributed by atoms with Crippen LogP contribution >= 0.6 is 0 Å². The summed E-state index contributed by atoms with van der Waals surface area (Å²) in [5, 5.41) is 6.00. The van der Waals surface area contributed by atoms with E-state index in [1.54, 1.807) is 4.90 Å². The molecule has 1 atom stereocenters. The maximum Gasteiger partial charge on any atom is 0.317 e. The zero-order valence-electron chi connectivity index (χ0n) is 15.8. The van der Waals surface area contributed by atoms with E-state index in [1.807, 2.05) is 54.6 Å². The number of nitrogens with one attached hydrogen (secondary N) is 2. The average Bonchev–Trinajstić information content (AvgIpc) is 2.73. The molecule has 2 N–H and O–H groups in total. The zero-order valence-corrected chi connectivity index (χ0v) is 15.8. The minimum atomic E-state index is -0.175. The van der Waals surface area contributed by atoms with Crippen molar-refractivity contribution < 1.29 is 9.59 Å². The maximum atomic E-state index is 12.7. The summed E-state index contributed by atoms with van der Waals surface area (Å²) in [4.78, 5) is 26.9. The predicted octanol–water partition coefficient (Wildman–Crippen LogP) is 3.81. The van der Waals surface area contributed by atoms with Gasteiger partial charge in [-0.25, -0.2) is 4.79 Å². The molecule has 0 radical (unpaired) electrons. The van der Waals surface area contributed by atoms with E-state index in [0.717, 1.165) is 36.1 Å². The summed E-state index contributed by atoms with van der Waals surface area (Å²) in [6.45, 7) is 3.72. The molecule has 3 rings (SSSR count). The van der Waals surface area contributed by atoms with Gasteiger partial charge in [-0.15, -0.1) is 0 Å². The van der Waals surface area contributed by atoms with Gasteiger partial charge in [0.1, 0.15) is 0 Å². The minimum Gasteiger partial charge on any atom is -0.334 e. The summed E-state index contributed by atoms with van der Waals surface area (Å²) < 4.78 is 0. The lowest BCUT2D eigenvalue weighted by atomic mass is 9.97. The molecule has 1 fully saturated rings. The smallest absolute Gasteiger partial charge is 0.317 e. The van der Waals surface area contributed by atoms with Crippen molar-refractivity contribution in [3.05, 3.63) is 65.7 Å². The van der Waals surface area contributed by atoms with Crippen molar-refractivity contribution in [2.24, 2.45) is 5.92 Å². The Morgan fingerprint density at radius 3 is 2.59 bits per heavy atom. The first-order valence-corrected chi connectivity index (χ1v) is 9.63. The van der Waals surface area contributed by atoms with E-state index in [0.29, 0.717) is 19.6 Å². The highest BCUT2D eigenvalue weighted by Crippen LogP contribution is 2.21. The quantitative estimate of drug-likeness (QED) is 0.846. The van der Waals surface area contributed by atoms with Crippen LogP contribution < -0.4 is 10.6 Å². The molecule has 3 amide bonds. The Morgan fingerprint density at radius 1 is 1.07 bits per heavy atom. The molecule has 5 nitrogen and oxygen atoms in total. The van der Waals surface area contributed by atoms with Crippen molar-refractivity contribution >= 4 is 17.6 Å². The van der Waals surface area contributed by atoms with Crippen LogP contribution in [0.5, 0.6) is 0 Å². The topological polar surface area (TPSA) is 61.4 Å². The van der Waals surface area contributed by atoms with Crippen LogP contribution in [0.1, 0.15) is 30.9 Å². The maximum absolute atomic E-state index is 12.7. The Hall–Kier alpha value is -2.82. The van der Waals surface area contributed by atoms with Gasteiger partial charge < -0.3 is 15.5 Å². The van der Waals surface area contributed by atoms with E-state index in [9.17, 15) is 9.59 Å². The Morgan fingerprint density at radius 2 is 1.81 bits per heavy atom. The number of anilines is 1. The van der Waals surface area contributed by atoms with Gasteiger partial charge in [-0.2, -0.15) is 0 Å². The number of nitrogens with zero attached hydrogens (tertiary/aromatic N) is 1. The molecule has 1 saturated heterocycles. The van der Waals surface area contributed by atoms with Crippen molar-refractivity contribution in [1.82, 2.24) is 10.2 Å². The van der Waals surface area contributed by atoms with Gasteiger partial charge in [0.05, 0.1) is 5.92 Å². The molecule has 1 aliphatic heterocycles. The summed E-state index contributed by atoms with van der Waals surface area (Å²) in [5.74, 6) is -0.178. The molecule has 0 bridgehead atoms. The molecule has 0 aliphatic carbocycles. The molecular weight excluding hydrogens is 338 g/mol. The molecule has 0 spiro atoms. The average molecular weight is 365 g/mol. The van der Waals surface area contributed by atoms with Crippen molar-refractivity contribution in [2.75, 3.05) is 18.4 Å². The summed E-state index contributed by atoms with van der Waals surface area (Å²) in [6.07, 6.45) is 2.52. The number of carbonyl (C=O) groups is 2. The Bertz CT molecular complexity index is 776. The molecule has 2 aromatic carbocycles. The zero-order chi connectivity index (χ0) is 19.1. The monoisotopic (exact) mass is 365 g/mol. The van der Waals surface area contributed by atoms with E-state index >= 15 is 0 Å². The number of benzene rings is 2. The van der Waals surface area contributed by atoms with Crippen molar-refractivity contribution in [3.63, 3.8) is 0 Å². The van der Waals surface area contributed by atoms with Gasteiger partial charge in [-0.1, -0.05) is 55.5 Å². The summed E-state index contributed by atoms with van der Waals surface area (Å²) in [6, 6.07) is 17.6. The van der Waals surface area contributed by atoms with Gasteiger partial charge in [0, 0.05) is 25.3 Å². The lowest BCUT2D eigenvalue weighted by Crippen LogP contribution is -2.47. The highest BCUT2D eigenvalue weighted by molar-refractivity contribution is 5.93. The molecule has 1 aliphatic rings. The Labute approximate surface area is 160 Å². The van der Waals surface area contributed by atoms with E-state index in [-0.39, 0.29) is 17.9 Å². The number of para-hydroxylation sites is 1. The van der Waals surface area contributed by atoms with Crippen molar-refractivity contribution in [1.29, 1.82) is 0 Å². The summed E-state index contributed by atoms with van der Waals surface area (Å²) in [7, 11) is 0. The number of hydrogen-bond acceptors (Lipinski definition) is 2. The predicted molar refractivity (Wildman–Crippen MR) is 107 cm³/mol. The van der Waals surface area contributed by atoms with Crippen molar-refractivity contribution in [2.45, 2.75) is 32.7 Å². The van der Waals surface area contributed by atoms with Crippen LogP contribution in [0.3, 0.4) is 0 Å². The van der Waals surface area contributed by atoms with Crippen LogP contribution in [0.2, 0.25) is 0 Å². The highest BCUT2D eigenvalue weighted by atomic mass is 16.2. The molecule has 2 aromatic rings. The third-order valence-corrected chi connectivity index (χ3v) is 5.02. The third-order valence-electron chi connectivity index (χ3n) is 5.02. The molecule has 27 heavy (non-hydrogen) atoms. The van der Waals surface area contributed by atoms with Gasteiger partial charge in [0.2, 0.25) is 5.91 Å². The van der Waals surface area contributed by atoms with Gasteiger partial charge in [0.25, 0.3) is 0 Å². The van der Waals surface area contributed by atoms with Crippen LogP contribution in [-0.4, -0.2) is 29.9 Å². The largest absolute Gasteiger partial charge is 0.334 e. The second kappa shape index (κ2) is 9.21. The normalized spacial score (nSPS) is 16.6. The number of likely N-dealkylation sites (tertiary alicyclic amines) is 1. The van der Waals surface area contributed by atoms with Crippen LogP contribution in [0.15, 0.2) is 54.6 Å². The molecular formula is C22H27N3O2. The number of urea groups is 1. The lowest BCUT2D eigenvalue weighted by molar-refractivity contribution is -0.121. The Kier molecular flexibility index (Phi) is 6.47. The highest BCUT2D eigenvalue weighted by Gasteiger charge is 2.28. The van der Waals surface area contributed by atoms with Gasteiger partial charge in [0.15, 0.2) is 0 Å². The Balaban J connectivity index is 1.55. The number of amides is 3. The molecule has 0 aromatic heterocycles. The number of carbonyl (C=O) groups excluding carboxylic acids is 2. The third kappa shape index (κ3) is 5.09. The minimum absolute atomic E-state index is 0.00328. The summed E-state index contributed by atoms with van der Waals surface area (Å²) >= 11 is 0. The van der Waals surface area contributed by atoms with Crippen molar-refractivity contribution in [3.8, 4) is 0 Å². The molecule has 0 unspecified atom stereocenters. The van der Waals surface area contributed by atoms with Gasteiger partial charge >= 0.3 is 6.03 Å².